The summed E-state index contributed by atoms with van der Waals surface area (Å²) in [7, 11) is 0. The molecule has 1 aromatic carbocycles. The highest BCUT2D eigenvalue weighted by Crippen LogP contribution is 2.15. The van der Waals surface area contributed by atoms with Crippen LogP contribution < -0.4 is 5.32 Å². The summed E-state index contributed by atoms with van der Waals surface area (Å²) < 4.78 is 38.6. The van der Waals surface area contributed by atoms with Crippen molar-refractivity contribution in [2.45, 2.75) is 12.8 Å². The van der Waals surface area contributed by atoms with Crippen LogP contribution in [0.25, 0.3) is 0 Å². The maximum atomic E-state index is 13.2. The first-order chi connectivity index (χ1) is 8.06. The van der Waals surface area contributed by atoms with Gasteiger partial charge in [-0.15, -0.1) is 11.6 Å². The molecule has 0 aromatic heterocycles. The van der Waals surface area contributed by atoms with Gasteiger partial charge >= 0.3 is 0 Å². The fourth-order valence-corrected chi connectivity index (χ4v) is 1.44. The minimum Gasteiger partial charge on any atom is -0.356 e. The Bertz CT molecular complexity index is 412. The minimum atomic E-state index is -1.49. The van der Waals surface area contributed by atoms with Crippen LogP contribution >= 0.6 is 11.6 Å². The average molecular weight is 266 g/mol. The predicted octanol–water partition coefficient (Wildman–Crippen LogP) is 2.39. The molecule has 0 fully saturated rings. The summed E-state index contributed by atoms with van der Waals surface area (Å²) in [5.74, 6) is -3.99. The minimum absolute atomic E-state index is 0.0232. The van der Waals surface area contributed by atoms with E-state index in [4.69, 9.17) is 11.6 Å². The van der Waals surface area contributed by atoms with Crippen LogP contribution in [-0.2, 0) is 11.2 Å². The molecule has 0 heterocycles. The summed E-state index contributed by atoms with van der Waals surface area (Å²) in [6.45, 7) is 0.151. The quantitative estimate of drug-likeness (QED) is 0.643. The highest BCUT2D eigenvalue weighted by atomic mass is 35.5. The summed E-state index contributed by atoms with van der Waals surface area (Å²) in [6.07, 6.45) is 0.263. The maximum absolute atomic E-state index is 13.2. The first-order valence-electron chi connectivity index (χ1n) is 5.01. The van der Waals surface area contributed by atoms with Gasteiger partial charge in [-0.1, -0.05) is 6.07 Å². The van der Waals surface area contributed by atoms with Crippen molar-refractivity contribution in [1.29, 1.82) is 0 Å². The van der Waals surface area contributed by atoms with Crippen LogP contribution in [-0.4, -0.2) is 18.3 Å². The van der Waals surface area contributed by atoms with Gasteiger partial charge in [0.05, 0.1) is 0 Å². The summed E-state index contributed by atoms with van der Waals surface area (Å²) in [5, 5.41) is 2.49. The normalized spacial score (nSPS) is 10.4. The zero-order valence-electron chi connectivity index (χ0n) is 8.90. The summed E-state index contributed by atoms with van der Waals surface area (Å²) in [4.78, 5) is 11.0. The molecule has 0 saturated heterocycles. The van der Waals surface area contributed by atoms with Crippen LogP contribution in [0.15, 0.2) is 12.1 Å². The van der Waals surface area contributed by atoms with E-state index in [0.29, 0.717) is 0 Å². The van der Waals surface area contributed by atoms with Gasteiger partial charge in [0, 0.05) is 18.8 Å². The fraction of sp³-hybridized carbons (Fsp3) is 0.364. The second kappa shape index (κ2) is 6.49. The van der Waals surface area contributed by atoms with Crippen molar-refractivity contribution in [2.75, 3.05) is 12.4 Å². The lowest BCUT2D eigenvalue weighted by Gasteiger charge is -2.06. The summed E-state index contributed by atoms with van der Waals surface area (Å²) in [6, 6.07) is 2.01. The molecular formula is C11H11ClF3NO. The molecule has 2 nitrogen and oxygen atoms in total. The molecule has 1 N–H and O–H groups in total. The molecule has 0 bridgehead atoms. The molecule has 0 aliphatic rings. The number of alkyl halides is 1. The lowest BCUT2D eigenvalue weighted by molar-refractivity contribution is -0.120. The summed E-state index contributed by atoms with van der Waals surface area (Å²) >= 11 is 5.34. The Morgan fingerprint density at radius 2 is 1.94 bits per heavy atom. The second-order valence-electron chi connectivity index (χ2n) is 3.37. The molecule has 1 aromatic rings. The molecule has 0 aliphatic carbocycles. The van der Waals surface area contributed by atoms with E-state index in [1.54, 1.807) is 0 Å². The van der Waals surface area contributed by atoms with Crippen LogP contribution in [0, 0.1) is 17.5 Å². The van der Waals surface area contributed by atoms with Gasteiger partial charge < -0.3 is 5.32 Å². The Labute approximate surface area is 102 Å². The third-order valence-corrected chi connectivity index (χ3v) is 2.34. The number of carbonyl (C=O) groups is 1. The number of amides is 1. The molecule has 1 amide bonds. The van der Waals surface area contributed by atoms with Gasteiger partial charge in [-0.25, -0.2) is 13.2 Å². The third kappa shape index (κ3) is 3.93. The molecule has 0 spiro atoms. The molecule has 0 unspecified atom stereocenters. The Balaban J connectivity index is 2.53. The number of hydrogen-bond donors (Lipinski definition) is 1. The second-order valence-corrected chi connectivity index (χ2v) is 3.75. The van der Waals surface area contributed by atoms with Crippen LogP contribution in [0.1, 0.15) is 12.0 Å². The Kier molecular flexibility index (Phi) is 5.28. The van der Waals surface area contributed by atoms with Crippen molar-refractivity contribution in [3.63, 3.8) is 0 Å². The van der Waals surface area contributed by atoms with Crippen LogP contribution in [0.5, 0.6) is 0 Å². The van der Waals surface area contributed by atoms with E-state index in [1.807, 2.05) is 0 Å². The van der Waals surface area contributed by atoms with Gasteiger partial charge in [0.2, 0.25) is 5.91 Å². The van der Waals surface area contributed by atoms with Crippen molar-refractivity contribution >= 4 is 17.5 Å². The van der Waals surface area contributed by atoms with E-state index >= 15 is 0 Å². The van der Waals surface area contributed by atoms with Crippen molar-refractivity contribution in [3.05, 3.63) is 35.1 Å². The topological polar surface area (TPSA) is 29.1 Å². The lowest BCUT2D eigenvalue weighted by atomic mass is 10.1. The Morgan fingerprint density at radius 1 is 1.24 bits per heavy atom. The first kappa shape index (κ1) is 13.8. The zero-order chi connectivity index (χ0) is 12.8. The van der Waals surface area contributed by atoms with Gasteiger partial charge in [0.15, 0.2) is 17.5 Å². The molecule has 17 heavy (non-hydrogen) atoms. The number of nitrogens with one attached hydrogen (secondary N) is 1. The Hall–Kier alpha value is -1.23. The van der Waals surface area contributed by atoms with Gasteiger partial charge in [0.1, 0.15) is 0 Å². The van der Waals surface area contributed by atoms with Crippen LogP contribution in [0.4, 0.5) is 13.2 Å². The van der Waals surface area contributed by atoms with Crippen molar-refractivity contribution in [3.8, 4) is 0 Å². The van der Waals surface area contributed by atoms with Gasteiger partial charge in [0.25, 0.3) is 0 Å². The van der Waals surface area contributed by atoms with Gasteiger partial charge in [-0.05, 0) is 18.1 Å². The van der Waals surface area contributed by atoms with Gasteiger partial charge in [-0.3, -0.25) is 4.79 Å². The number of benzene rings is 1. The van der Waals surface area contributed by atoms with Crippen LogP contribution in [0.2, 0.25) is 0 Å². The standard InChI is InChI=1S/C11H11ClF3NO/c12-5-3-9(17)16-6-4-7-1-2-8(13)11(15)10(7)14/h1-2H,3-6H2,(H,16,17). The smallest absolute Gasteiger partial charge is 0.221 e. The molecular weight excluding hydrogens is 255 g/mol. The van der Waals surface area contributed by atoms with Crippen molar-refractivity contribution in [1.82, 2.24) is 5.32 Å². The number of carbonyl (C=O) groups excluding carboxylic acids is 1. The van der Waals surface area contributed by atoms with E-state index in [9.17, 15) is 18.0 Å². The van der Waals surface area contributed by atoms with Crippen molar-refractivity contribution < 1.29 is 18.0 Å². The monoisotopic (exact) mass is 265 g/mol. The molecule has 1 rings (SSSR count). The van der Waals surface area contributed by atoms with E-state index in [1.165, 1.54) is 0 Å². The third-order valence-electron chi connectivity index (χ3n) is 2.15. The van der Waals surface area contributed by atoms with E-state index < -0.39 is 17.5 Å². The lowest BCUT2D eigenvalue weighted by Crippen LogP contribution is -2.26. The first-order valence-corrected chi connectivity index (χ1v) is 5.54. The number of hydrogen-bond acceptors (Lipinski definition) is 1. The zero-order valence-corrected chi connectivity index (χ0v) is 9.66. The Morgan fingerprint density at radius 3 is 2.59 bits per heavy atom. The molecule has 0 aliphatic heterocycles. The van der Waals surface area contributed by atoms with Gasteiger partial charge in [-0.2, -0.15) is 0 Å². The number of rotatable bonds is 5. The van der Waals surface area contributed by atoms with E-state index in [-0.39, 0.29) is 36.7 Å². The van der Waals surface area contributed by atoms with Crippen molar-refractivity contribution in [2.24, 2.45) is 0 Å². The molecule has 94 valence electrons. The highest BCUT2D eigenvalue weighted by Gasteiger charge is 2.12. The van der Waals surface area contributed by atoms with E-state index in [0.717, 1.165) is 12.1 Å². The van der Waals surface area contributed by atoms with Crippen LogP contribution in [0.3, 0.4) is 0 Å². The maximum Gasteiger partial charge on any atom is 0.221 e. The molecule has 6 heteroatoms. The number of halogens is 4. The largest absolute Gasteiger partial charge is 0.356 e. The van der Waals surface area contributed by atoms with E-state index in [2.05, 4.69) is 5.32 Å². The molecule has 0 atom stereocenters. The fourth-order valence-electron chi connectivity index (χ4n) is 1.27. The SMILES string of the molecule is O=C(CCCl)NCCc1ccc(F)c(F)c1F. The highest BCUT2D eigenvalue weighted by molar-refractivity contribution is 6.18. The molecule has 0 radical (unpaired) electrons. The average Bonchev–Trinajstić information content (AvgIpc) is 2.29. The predicted molar refractivity (Wildman–Crippen MR) is 58.4 cm³/mol. The summed E-state index contributed by atoms with van der Waals surface area (Å²) in [5.41, 5.74) is 0.0232. The molecule has 0 saturated carbocycles.